The van der Waals surface area contributed by atoms with Crippen molar-refractivity contribution in [3.8, 4) is 6.07 Å². The Kier molecular flexibility index (Phi) is 4.79. The lowest BCUT2D eigenvalue weighted by Gasteiger charge is -2.07. The van der Waals surface area contributed by atoms with Crippen LogP contribution in [0, 0.1) is 11.3 Å². The SMILES string of the molecule is C[S@](=O)CCNc1ccc(Br)cc1C#N. The third kappa shape index (κ3) is 4.02. The summed E-state index contributed by atoms with van der Waals surface area (Å²) in [4.78, 5) is 0. The molecule has 0 amide bonds. The minimum Gasteiger partial charge on any atom is -0.383 e. The second-order valence-electron chi connectivity index (χ2n) is 3.01. The van der Waals surface area contributed by atoms with Gasteiger partial charge in [0.15, 0.2) is 0 Å². The minimum absolute atomic E-state index is 0.584. The fraction of sp³-hybridized carbons (Fsp3) is 0.300. The van der Waals surface area contributed by atoms with E-state index >= 15 is 0 Å². The molecular formula is C10H11BrN2OS. The molecule has 0 aromatic heterocycles. The highest BCUT2D eigenvalue weighted by molar-refractivity contribution is 9.10. The van der Waals surface area contributed by atoms with Crippen molar-refractivity contribution in [2.24, 2.45) is 0 Å². The van der Waals surface area contributed by atoms with Gasteiger partial charge in [0.25, 0.3) is 0 Å². The van der Waals surface area contributed by atoms with Crippen molar-refractivity contribution in [3.63, 3.8) is 0 Å². The molecule has 5 heteroatoms. The van der Waals surface area contributed by atoms with Gasteiger partial charge < -0.3 is 5.32 Å². The van der Waals surface area contributed by atoms with Gasteiger partial charge in [-0.3, -0.25) is 4.21 Å². The van der Waals surface area contributed by atoms with Crippen molar-refractivity contribution >= 4 is 32.4 Å². The molecule has 15 heavy (non-hydrogen) atoms. The van der Waals surface area contributed by atoms with Crippen LogP contribution in [0.4, 0.5) is 5.69 Å². The van der Waals surface area contributed by atoms with Crippen molar-refractivity contribution in [1.29, 1.82) is 5.26 Å². The number of hydrogen-bond acceptors (Lipinski definition) is 3. The first-order chi connectivity index (χ1) is 7.13. The normalized spacial score (nSPS) is 11.8. The number of halogens is 1. The fourth-order valence-electron chi connectivity index (χ4n) is 1.09. The summed E-state index contributed by atoms with van der Waals surface area (Å²) in [7, 11) is -0.807. The largest absolute Gasteiger partial charge is 0.383 e. The molecule has 3 nitrogen and oxygen atoms in total. The fourth-order valence-corrected chi connectivity index (χ4v) is 1.84. The van der Waals surface area contributed by atoms with Gasteiger partial charge in [-0.25, -0.2) is 0 Å². The van der Waals surface area contributed by atoms with Crippen LogP contribution < -0.4 is 5.32 Å². The van der Waals surface area contributed by atoms with Crippen molar-refractivity contribution in [1.82, 2.24) is 0 Å². The molecular weight excluding hydrogens is 276 g/mol. The molecule has 0 radical (unpaired) electrons. The number of nitrogens with zero attached hydrogens (tertiary/aromatic N) is 1. The highest BCUT2D eigenvalue weighted by atomic mass is 79.9. The summed E-state index contributed by atoms with van der Waals surface area (Å²) in [6, 6.07) is 7.56. The van der Waals surface area contributed by atoms with E-state index in [0.717, 1.165) is 10.2 Å². The number of nitrogens with one attached hydrogen (secondary N) is 1. The maximum absolute atomic E-state index is 10.8. The Balaban J connectivity index is 2.69. The number of nitriles is 1. The van der Waals surface area contributed by atoms with E-state index in [1.165, 1.54) is 0 Å². The smallest absolute Gasteiger partial charge is 0.101 e. The molecule has 0 aliphatic heterocycles. The van der Waals surface area contributed by atoms with Crippen LogP contribution in [-0.4, -0.2) is 22.8 Å². The van der Waals surface area contributed by atoms with E-state index in [1.54, 1.807) is 12.3 Å². The topological polar surface area (TPSA) is 52.9 Å². The van der Waals surface area contributed by atoms with Crippen LogP contribution >= 0.6 is 15.9 Å². The average molecular weight is 287 g/mol. The summed E-state index contributed by atoms with van der Waals surface area (Å²) < 4.78 is 11.7. The second-order valence-corrected chi connectivity index (χ2v) is 5.48. The molecule has 1 rings (SSSR count). The zero-order chi connectivity index (χ0) is 11.3. The van der Waals surface area contributed by atoms with Gasteiger partial charge in [-0.15, -0.1) is 0 Å². The van der Waals surface area contributed by atoms with E-state index in [1.807, 2.05) is 12.1 Å². The molecule has 0 saturated heterocycles. The van der Waals surface area contributed by atoms with E-state index in [-0.39, 0.29) is 0 Å². The van der Waals surface area contributed by atoms with Gasteiger partial charge in [-0.1, -0.05) is 15.9 Å². The molecule has 0 aliphatic carbocycles. The first kappa shape index (κ1) is 12.2. The Hall–Kier alpha value is -0.860. The first-order valence-electron chi connectivity index (χ1n) is 4.37. The lowest BCUT2D eigenvalue weighted by Crippen LogP contribution is -2.10. The maximum atomic E-state index is 10.8. The number of anilines is 1. The summed E-state index contributed by atoms with van der Waals surface area (Å²) in [5, 5.41) is 12.0. The Morgan fingerprint density at radius 1 is 1.60 bits per heavy atom. The minimum atomic E-state index is -0.807. The molecule has 1 aromatic rings. The van der Waals surface area contributed by atoms with Crippen LogP contribution in [0.2, 0.25) is 0 Å². The number of benzene rings is 1. The van der Waals surface area contributed by atoms with Crippen LogP contribution in [0.3, 0.4) is 0 Å². The average Bonchev–Trinajstić information content (AvgIpc) is 2.19. The van der Waals surface area contributed by atoms with Gasteiger partial charge in [-0.05, 0) is 18.2 Å². The highest BCUT2D eigenvalue weighted by Crippen LogP contribution is 2.19. The molecule has 0 heterocycles. The highest BCUT2D eigenvalue weighted by Gasteiger charge is 2.01. The van der Waals surface area contributed by atoms with Crippen molar-refractivity contribution < 1.29 is 4.21 Å². The first-order valence-corrected chi connectivity index (χ1v) is 6.89. The zero-order valence-electron chi connectivity index (χ0n) is 8.29. The molecule has 0 saturated carbocycles. The summed E-state index contributed by atoms with van der Waals surface area (Å²) in [5.41, 5.74) is 1.37. The van der Waals surface area contributed by atoms with E-state index in [2.05, 4.69) is 27.3 Å². The third-order valence-corrected chi connectivity index (χ3v) is 3.08. The Morgan fingerprint density at radius 2 is 2.33 bits per heavy atom. The number of rotatable bonds is 4. The Labute approximate surface area is 100 Å². The monoisotopic (exact) mass is 286 g/mol. The second kappa shape index (κ2) is 5.89. The summed E-state index contributed by atoms with van der Waals surface area (Å²) >= 11 is 3.30. The van der Waals surface area contributed by atoms with Crippen LogP contribution in [0.1, 0.15) is 5.56 Å². The quantitative estimate of drug-likeness (QED) is 0.922. The predicted octanol–water partition coefficient (Wildman–Crippen LogP) is 2.11. The molecule has 1 N–H and O–H groups in total. The van der Waals surface area contributed by atoms with Gasteiger partial charge in [0.2, 0.25) is 0 Å². The molecule has 0 bridgehead atoms. The maximum Gasteiger partial charge on any atom is 0.101 e. The van der Waals surface area contributed by atoms with E-state index < -0.39 is 10.8 Å². The van der Waals surface area contributed by atoms with Gasteiger partial charge in [-0.2, -0.15) is 5.26 Å². The summed E-state index contributed by atoms with van der Waals surface area (Å²) in [6.07, 6.45) is 1.66. The van der Waals surface area contributed by atoms with E-state index in [4.69, 9.17) is 5.26 Å². The third-order valence-electron chi connectivity index (χ3n) is 1.81. The van der Waals surface area contributed by atoms with Gasteiger partial charge >= 0.3 is 0 Å². The number of hydrogen-bond donors (Lipinski definition) is 1. The standard InChI is InChI=1S/C10H11BrN2OS/c1-15(14)5-4-13-10-3-2-9(11)6-8(10)7-12/h2-3,6,13H,4-5H2,1H3/t15-/m0/s1. The summed E-state index contributed by atoms with van der Waals surface area (Å²) in [6.45, 7) is 0.611. The summed E-state index contributed by atoms with van der Waals surface area (Å²) in [5.74, 6) is 0.584. The Bertz CT molecular complexity index is 414. The Morgan fingerprint density at radius 3 is 2.93 bits per heavy atom. The molecule has 0 unspecified atom stereocenters. The molecule has 0 aliphatic rings. The molecule has 1 atom stereocenters. The molecule has 1 aromatic carbocycles. The van der Waals surface area contributed by atoms with E-state index in [0.29, 0.717) is 17.9 Å². The molecule has 80 valence electrons. The van der Waals surface area contributed by atoms with Crippen molar-refractivity contribution in [3.05, 3.63) is 28.2 Å². The van der Waals surface area contributed by atoms with Crippen LogP contribution in [0.5, 0.6) is 0 Å². The van der Waals surface area contributed by atoms with Crippen molar-refractivity contribution in [2.45, 2.75) is 0 Å². The lowest BCUT2D eigenvalue weighted by molar-refractivity contribution is 0.687. The molecule has 0 spiro atoms. The van der Waals surface area contributed by atoms with E-state index in [9.17, 15) is 4.21 Å². The van der Waals surface area contributed by atoms with Gasteiger partial charge in [0.05, 0.1) is 11.3 Å². The van der Waals surface area contributed by atoms with Crippen molar-refractivity contribution in [2.75, 3.05) is 23.9 Å². The predicted molar refractivity (Wildman–Crippen MR) is 66.3 cm³/mol. The lowest BCUT2D eigenvalue weighted by atomic mass is 10.2. The van der Waals surface area contributed by atoms with Gasteiger partial charge in [0, 0.05) is 33.8 Å². The van der Waals surface area contributed by atoms with Crippen LogP contribution in [-0.2, 0) is 10.8 Å². The zero-order valence-corrected chi connectivity index (χ0v) is 10.7. The van der Waals surface area contributed by atoms with Gasteiger partial charge in [0.1, 0.15) is 6.07 Å². The molecule has 0 fully saturated rings. The van der Waals surface area contributed by atoms with Crippen LogP contribution in [0.15, 0.2) is 22.7 Å². The van der Waals surface area contributed by atoms with Crippen LogP contribution in [0.25, 0.3) is 0 Å².